The number of pyridine rings is 1. The molecule has 0 spiro atoms. The third-order valence-electron chi connectivity index (χ3n) is 2.68. The number of nitro groups is 1. The second kappa shape index (κ2) is 8.31. The molecule has 0 aromatic carbocycles. The van der Waals surface area contributed by atoms with Crippen LogP contribution in [0.3, 0.4) is 0 Å². The Balaban J connectivity index is 2.67. The second-order valence-electron chi connectivity index (χ2n) is 4.70. The first-order valence-electron chi connectivity index (χ1n) is 6.85. The highest BCUT2D eigenvalue weighted by atomic mass is 16.6. The van der Waals surface area contributed by atoms with Gasteiger partial charge in [0.2, 0.25) is 0 Å². The maximum atomic E-state index is 10.9. The molecule has 0 saturated carbocycles. The predicted octanol–water partition coefficient (Wildman–Crippen LogP) is 2.38. The molecule has 0 bridgehead atoms. The third kappa shape index (κ3) is 5.83. The minimum Gasteiger partial charge on any atom is -0.393 e. The van der Waals surface area contributed by atoms with E-state index in [1.165, 1.54) is 12.1 Å². The van der Waals surface area contributed by atoms with Gasteiger partial charge >= 0.3 is 0 Å². The van der Waals surface area contributed by atoms with Crippen molar-refractivity contribution in [2.24, 2.45) is 0 Å². The molecule has 0 aliphatic rings. The standard InChI is InChI=1S/C13H22N4O3/c1-3-6-14-12-8-11(17(19)20)9-13(16-12)15-7-4-5-10(2)18/h8-10,18H,3-7H2,1-2H3,(H2,14,15,16). The van der Waals surface area contributed by atoms with E-state index < -0.39 is 4.92 Å². The molecule has 1 unspecified atom stereocenters. The van der Waals surface area contributed by atoms with Crippen LogP contribution in [0.4, 0.5) is 17.3 Å². The molecule has 0 aliphatic carbocycles. The van der Waals surface area contributed by atoms with E-state index in [2.05, 4.69) is 15.6 Å². The topological polar surface area (TPSA) is 100 Å². The van der Waals surface area contributed by atoms with E-state index in [-0.39, 0.29) is 11.8 Å². The van der Waals surface area contributed by atoms with Crippen LogP contribution >= 0.6 is 0 Å². The normalized spacial score (nSPS) is 11.9. The summed E-state index contributed by atoms with van der Waals surface area (Å²) in [5.41, 5.74) is 0.0108. The van der Waals surface area contributed by atoms with Crippen LogP contribution < -0.4 is 10.6 Å². The molecule has 1 aromatic heterocycles. The van der Waals surface area contributed by atoms with Crippen molar-refractivity contribution in [3.63, 3.8) is 0 Å². The predicted molar refractivity (Wildman–Crippen MR) is 79.1 cm³/mol. The summed E-state index contributed by atoms with van der Waals surface area (Å²) in [5, 5.41) is 26.1. The van der Waals surface area contributed by atoms with Crippen LogP contribution in [-0.2, 0) is 0 Å². The molecular weight excluding hydrogens is 260 g/mol. The van der Waals surface area contributed by atoms with E-state index in [0.717, 1.165) is 19.4 Å². The number of aromatic nitrogens is 1. The molecule has 1 aromatic rings. The lowest BCUT2D eigenvalue weighted by atomic mass is 10.2. The van der Waals surface area contributed by atoms with Crippen LogP contribution in [0.15, 0.2) is 12.1 Å². The van der Waals surface area contributed by atoms with E-state index >= 15 is 0 Å². The van der Waals surface area contributed by atoms with Crippen molar-refractivity contribution in [1.29, 1.82) is 0 Å². The fraction of sp³-hybridized carbons (Fsp3) is 0.615. The van der Waals surface area contributed by atoms with E-state index in [1.54, 1.807) is 6.92 Å². The summed E-state index contributed by atoms with van der Waals surface area (Å²) in [5.74, 6) is 0.975. The highest BCUT2D eigenvalue weighted by Crippen LogP contribution is 2.20. The van der Waals surface area contributed by atoms with Gasteiger partial charge in [-0.2, -0.15) is 0 Å². The molecule has 1 atom stereocenters. The van der Waals surface area contributed by atoms with Crippen molar-refractivity contribution in [2.75, 3.05) is 23.7 Å². The number of nitrogens with one attached hydrogen (secondary N) is 2. The quantitative estimate of drug-likeness (QED) is 0.365. The maximum absolute atomic E-state index is 10.9. The smallest absolute Gasteiger partial charge is 0.276 e. The lowest BCUT2D eigenvalue weighted by molar-refractivity contribution is -0.384. The van der Waals surface area contributed by atoms with Gasteiger partial charge in [0, 0.05) is 13.1 Å². The molecule has 7 heteroatoms. The maximum Gasteiger partial charge on any atom is 0.276 e. The summed E-state index contributed by atoms with van der Waals surface area (Å²) in [6, 6.07) is 2.84. The van der Waals surface area contributed by atoms with Crippen molar-refractivity contribution in [2.45, 2.75) is 39.2 Å². The van der Waals surface area contributed by atoms with E-state index in [9.17, 15) is 10.1 Å². The van der Waals surface area contributed by atoms with Crippen molar-refractivity contribution < 1.29 is 10.0 Å². The Morgan fingerprint density at radius 3 is 2.45 bits per heavy atom. The second-order valence-corrected chi connectivity index (χ2v) is 4.70. The lowest BCUT2D eigenvalue weighted by Crippen LogP contribution is -2.09. The molecule has 0 fully saturated rings. The summed E-state index contributed by atoms with van der Waals surface area (Å²) in [4.78, 5) is 14.7. The number of aliphatic hydroxyl groups excluding tert-OH is 1. The van der Waals surface area contributed by atoms with Gasteiger partial charge in [-0.3, -0.25) is 10.1 Å². The lowest BCUT2D eigenvalue weighted by Gasteiger charge is -2.09. The van der Waals surface area contributed by atoms with E-state index in [4.69, 9.17) is 5.11 Å². The first-order valence-corrected chi connectivity index (χ1v) is 6.85. The van der Waals surface area contributed by atoms with Crippen LogP contribution in [0, 0.1) is 10.1 Å². The highest BCUT2D eigenvalue weighted by molar-refractivity contribution is 5.54. The number of anilines is 2. The molecule has 0 radical (unpaired) electrons. The fourth-order valence-corrected chi connectivity index (χ4v) is 1.67. The van der Waals surface area contributed by atoms with Crippen molar-refractivity contribution >= 4 is 17.3 Å². The van der Waals surface area contributed by atoms with Gasteiger partial charge in [0.25, 0.3) is 5.69 Å². The summed E-state index contributed by atoms with van der Waals surface area (Å²) < 4.78 is 0. The Kier molecular flexibility index (Phi) is 6.72. The molecule has 1 heterocycles. The summed E-state index contributed by atoms with van der Waals surface area (Å²) in [6.45, 7) is 5.08. The van der Waals surface area contributed by atoms with Crippen LogP contribution in [-0.4, -0.2) is 34.2 Å². The average molecular weight is 282 g/mol. The molecule has 20 heavy (non-hydrogen) atoms. The van der Waals surface area contributed by atoms with Gasteiger partial charge in [0.15, 0.2) is 0 Å². The van der Waals surface area contributed by atoms with E-state index in [0.29, 0.717) is 24.6 Å². The van der Waals surface area contributed by atoms with Gasteiger partial charge in [0.1, 0.15) is 11.6 Å². The van der Waals surface area contributed by atoms with Gasteiger partial charge in [0.05, 0.1) is 23.2 Å². The Hall–Kier alpha value is -1.89. The third-order valence-corrected chi connectivity index (χ3v) is 2.68. The average Bonchev–Trinajstić information content (AvgIpc) is 2.41. The first kappa shape index (κ1) is 16.2. The van der Waals surface area contributed by atoms with Gasteiger partial charge in [-0.1, -0.05) is 6.92 Å². The highest BCUT2D eigenvalue weighted by Gasteiger charge is 2.10. The van der Waals surface area contributed by atoms with Crippen molar-refractivity contribution in [3.8, 4) is 0 Å². The Bertz CT molecular complexity index is 438. The largest absolute Gasteiger partial charge is 0.393 e. The van der Waals surface area contributed by atoms with Crippen LogP contribution in [0.25, 0.3) is 0 Å². The monoisotopic (exact) mass is 282 g/mol. The number of hydrogen-bond donors (Lipinski definition) is 3. The SMILES string of the molecule is CCCNc1cc([N+](=O)[O-])cc(NCCCC(C)O)n1. The van der Waals surface area contributed by atoms with Crippen LogP contribution in [0.2, 0.25) is 0 Å². The molecule has 112 valence electrons. The first-order chi connectivity index (χ1) is 9.52. The number of aliphatic hydroxyl groups is 1. The zero-order valence-corrected chi connectivity index (χ0v) is 11.9. The van der Waals surface area contributed by atoms with Crippen LogP contribution in [0.1, 0.15) is 33.1 Å². The molecule has 3 N–H and O–H groups in total. The van der Waals surface area contributed by atoms with Gasteiger partial charge in [-0.25, -0.2) is 4.98 Å². The molecule has 7 nitrogen and oxygen atoms in total. The molecule has 0 saturated heterocycles. The molecule has 1 rings (SSSR count). The van der Waals surface area contributed by atoms with Crippen molar-refractivity contribution in [3.05, 3.63) is 22.2 Å². The molecular formula is C13H22N4O3. The minimum absolute atomic E-state index is 0.0108. The zero-order valence-electron chi connectivity index (χ0n) is 11.9. The summed E-state index contributed by atoms with van der Waals surface area (Å²) in [7, 11) is 0. The Morgan fingerprint density at radius 2 is 1.95 bits per heavy atom. The van der Waals surface area contributed by atoms with Gasteiger partial charge in [-0.15, -0.1) is 0 Å². The Morgan fingerprint density at radius 1 is 1.35 bits per heavy atom. The van der Waals surface area contributed by atoms with Gasteiger partial charge < -0.3 is 15.7 Å². The number of rotatable bonds is 9. The van der Waals surface area contributed by atoms with Crippen LogP contribution in [0.5, 0.6) is 0 Å². The summed E-state index contributed by atoms with van der Waals surface area (Å²) in [6.07, 6.45) is 2.04. The zero-order chi connectivity index (χ0) is 15.0. The Labute approximate surface area is 118 Å². The van der Waals surface area contributed by atoms with Crippen molar-refractivity contribution in [1.82, 2.24) is 4.98 Å². The molecule has 0 aliphatic heterocycles. The van der Waals surface area contributed by atoms with E-state index in [1.807, 2.05) is 6.92 Å². The summed E-state index contributed by atoms with van der Waals surface area (Å²) >= 11 is 0. The number of hydrogen-bond acceptors (Lipinski definition) is 6. The minimum atomic E-state index is -0.431. The fourth-order valence-electron chi connectivity index (χ4n) is 1.67. The van der Waals surface area contributed by atoms with Gasteiger partial charge in [-0.05, 0) is 26.2 Å². The number of nitrogens with zero attached hydrogens (tertiary/aromatic N) is 2. The molecule has 0 amide bonds.